The van der Waals surface area contributed by atoms with Crippen LogP contribution in [0.4, 0.5) is 11.4 Å². The van der Waals surface area contributed by atoms with E-state index in [2.05, 4.69) is 23.4 Å². The number of carbonyl (C=O) groups excluding carboxylic acids is 1. The molecule has 0 heterocycles. The molecule has 0 bridgehead atoms. The summed E-state index contributed by atoms with van der Waals surface area (Å²) >= 11 is 7.61. The summed E-state index contributed by atoms with van der Waals surface area (Å²) < 4.78 is 0. The maximum atomic E-state index is 12.3. The lowest BCUT2D eigenvalue weighted by Gasteiger charge is -2.29. The van der Waals surface area contributed by atoms with E-state index in [1.165, 1.54) is 0 Å². The van der Waals surface area contributed by atoms with Gasteiger partial charge in [0.15, 0.2) is 0 Å². The Labute approximate surface area is 130 Å². The van der Waals surface area contributed by atoms with Gasteiger partial charge in [0.25, 0.3) is 0 Å². The van der Waals surface area contributed by atoms with Gasteiger partial charge in [0.2, 0.25) is 5.91 Å². The van der Waals surface area contributed by atoms with Crippen molar-refractivity contribution < 1.29 is 4.79 Å². The number of nitrogens with two attached hydrogens (primary N) is 1. The van der Waals surface area contributed by atoms with Gasteiger partial charge in [0.05, 0.1) is 17.4 Å². The first-order chi connectivity index (χ1) is 9.36. The number of halogens is 1. The molecule has 0 aliphatic heterocycles. The first-order valence-corrected chi connectivity index (χ1v) is 8.20. The third-order valence-corrected chi connectivity index (χ3v) is 4.42. The van der Waals surface area contributed by atoms with Crippen molar-refractivity contribution in [3.05, 3.63) is 23.2 Å². The molecule has 112 valence electrons. The highest BCUT2D eigenvalue weighted by molar-refractivity contribution is 7.98. The minimum atomic E-state index is -0.229. The molecule has 0 aliphatic rings. The standard InChI is InChI=1S/C14H22ClN3OS/c1-9(8-20-4)18(3)10(2)14(19)17-13-6-5-11(15)7-12(13)16/h5-7,9-10H,8,16H2,1-4H3,(H,17,19). The molecule has 1 aromatic carbocycles. The van der Waals surface area contributed by atoms with E-state index in [4.69, 9.17) is 17.3 Å². The minimum Gasteiger partial charge on any atom is -0.397 e. The van der Waals surface area contributed by atoms with Crippen LogP contribution in [0.5, 0.6) is 0 Å². The third kappa shape index (κ3) is 4.58. The molecule has 0 saturated heterocycles. The van der Waals surface area contributed by atoms with Gasteiger partial charge in [-0.1, -0.05) is 11.6 Å². The summed E-state index contributed by atoms with van der Waals surface area (Å²) in [6.07, 6.45) is 2.06. The molecule has 2 atom stereocenters. The number of hydrogen-bond donors (Lipinski definition) is 2. The molecule has 20 heavy (non-hydrogen) atoms. The lowest BCUT2D eigenvalue weighted by atomic mass is 10.2. The largest absolute Gasteiger partial charge is 0.397 e. The number of thioether (sulfide) groups is 1. The second kappa shape index (κ2) is 7.76. The summed E-state index contributed by atoms with van der Waals surface area (Å²) in [5.74, 6) is 0.909. The summed E-state index contributed by atoms with van der Waals surface area (Å²) in [5, 5.41) is 3.40. The average molecular weight is 316 g/mol. The molecular formula is C14H22ClN3OS. The maximum absolute atomic E-state index is 12.3. The van der Waals surface area contributed by atoms with Gasteiger partial charge in [-0.05, 0) is 45.4 Å². The Balaban J connectivity index is 2.70. The third-order valence-electron chi connectivity index (χ3n) is 3.36. The number of anilines is 2. The molecule has 0 radical (unpaired) electrons. The summed E-state index contributed by atoms with van der Waals surface area (Å²) in [4.78, 5) is 14.3. The number of amides is 1. The number of nitrogens with zero attached hydrogens (tertiary/aromatic N) is 1. The summed E-state index contributed by atoms with van der Waals surface area (Å²) in [5.41, 5.74) is 6.90. The van der Waals surface area contributed by atoms with Gasteiger partial charge in [-0.25, -0.2) is 0 Å². The molecule has 3 N–H and O–H groups in total. The lowest BCUT2D eigenvalue weighted by molar-refractivity contribution is -0.120. The Morgan fingerprint density at radius 3 is 2.70 bits per heavy atom. The zero-order valence-electron chi connectivity index (χ0n) is 12.3. The number of likely N-dealkylation sites (N-methyl/N-ethyl adjacent to an activating group) is 1. The fraction of sp³-hybridized carbons (Fsp3) is 0.500. The van der Waals surface area contributed by atoms with E-state index in [0.29, 0.717) is 22.4 Å². The average Bonchev–Trinajstić information content (AvgIpc) is 2.40. The molecule has 1 amide bonds. The van der Waals surface area contributed by atoms with Crippen LogP contribution in [0.15, 0.2) is 18.2 Å². The highest BCUT2D eigenvalue weighted by Crippen LogP contribution is 2.23. The highest BCUT2D eigenvalue weighted by atomic mass is 35.5. The van der Waals surface area contributed by atoms with E-state index >= 15 is 0 Å². The lowest BCUT2D eigenvalue weighted by Crippen LogP contribution is -2.45. The topological polar surface area (TPSA) is 58.4 Å². The van der Waals surface area contributed by atoms with E-state index < -0.39 is 0 Å². The van der Waals surface area contributed by atoms with Gasteiger partial charge >= 0.3 is 0 Å². The van der Waals surface area contributed by atoms with E-state index in [-0.39, 0.29) is 11.9 Å². The van der Waals surface area contributed by atoms with Crippen LogP contribution in [0.2, 0.25) is 5.02 Å². The number of benzene rings is 1. The number of nitrogens with one attached hydrogen (secondary N) is 1. The van der Waals surface area contributed by atoms with Crippen molar-refractivity contribution in [3.8, 4) is 0 Å². The van der Waals surface area contributed by atoms with E-state index in [0.717, 1.165) is 5.75 Å². The second-order valence-corrected chi connectivity index (χ2v) is 6.21. The van der Waals surface area contributed by atoms with Gasteiger partial charge in [0.1, 0.15) is 0 Å². The summed E-state index contributed by atoms with van der Waals surface area (Å²) in [6, 6.07) is 5.15. The van der Waals surface area contributed by atoms with Crippen molar-refractivity contribution in [1.29, 1.82) is 0 Å². The Morgan fingerprint density at radius 1 is 1.50 bits per heavy atom. The Kier molecular flexibility index (Phi) is 6.65. The molecule has 1 rings (SSSR count). The van der Waals surface area contributed by atoms with E-state index in [1.807, 2.05) is 14.0 Å². The van der Waals surface area contributed by atoms with E-state index in [9.17, 15) is 4.79 Å². The van der Waals surface area contributed by atoms with Crippen molar-refractivity contribution in [2.45, 2.75) is 25.9 Å². The van der Waals surface area contributed by atoms with Crippen molar-refractivity contribution in [1.82, 2.24) is 4.90 Å². The van der Waals surface area contributed by atoms with E-state index in [1.54, 1.807) is 30.0 Å². The van der Waals surface area contributed by atoms with Gasteiger partial charge < -0.3 is 11.1 Å². The highest BCUT2D eigenvalue weighted by Gasteiger charge is 2.22. The molecule has 0 spiro atoms. The quantitative estimate of drug-likeness (QED) is 0.792. The molecule has 1 aromatic rings. The smallest absolute Gasteiger partial charge is 0.241 e. The van der Waals surface area contributed by atoms with Crippen LogP contribution in [-0.4, -0.2) is 41.9 Å². The molecule has 0 aliphatic carbocycles. The number of carbonyl (C=O) groups is 1. The predicted molar refractivity (Wildman–Crippen MR) is 89.6 cm³/mol. The van der Waals surface area contributed by atoms with Crippen LogP contribution < -0.4 is 11.1 Å². The molecule has 0 aromatic heterocycles. The molecule has 6 heteroatoms. The van der Waals surface area contributed by atoms with Crippen LogP contribution in [0.25, 0.3) is 0 Å². The van der Waals surface area contributed by atoms with Crippen LogP contribution in [0, 0.1) is 0 Å². The van der Waals surface area contributed by atoms with Crippen LogP contribution in [0.3, 0.4) is 0 Å². The van der Waals surface area contributed by atoms with Crippen molar-refractivity contribution in [3.63, 3.8) is 0 Å². The van der Waals surface area contributed by atoms with Crippen molar-refractivity contribution >= 4 is 40.6 Å². The van der Waals surface area contributed by atoms with Gasteiger partial charge in [0, 0.05) is 16.8 Å². The Morgan fingerprint density at radius 2 is 2.15 bits per heavy atom. The van der Waals surface area contributed by atoms with Crippen molar-refractivity contribution in [2.75, 3.05) is 30.1 Å². The van der Waals surface area contributed by atoms with Gasteiger partial charge in [-0.2, -0.15) is 11.8 Å². The zero-order chi connectivity index (χ0) is 15.3. The Hall–Kier alpha value is -0.910. The molecule has 2 unspecified atom stereocenters. The SMILES string of the molecule is CSCC(C)N(C)C(C)C(=O)Nc1ccc(Cl)cc1N. The van der Waals surface area contributed by atoms with Crippen molar-refractivity contribution in [2.24, 2.45) is 0 Å². The summed E-state index contributed by atoms with van der Waals surface area (Å²) in [6.45, 7) is 4.00. The van der Waals surface area contributed by atoms with Gasteiger partial charge in [-0.15, -0.1) is 0 Å². The molecule has 0 saturated carbocycles. The van der Waals surface area contributed by atoms with Crippen LogP contribution in [0.1, 0.15) is 13.8 Å². The number of hydrogen-bond acceptors (Lipinski definition) is 4. The predicted octanol–water partition coefficient (Wildman–Crippen LogP) is 2.93. The molecular weight excluding hydrogens is 294 g/mol. The fourth-order valence-corrected chi connectivity index (χ4v) is 2.71. The Bertz CT molecular complexity index is 470. The van der Waals surface area contributed by atoms with Crippen LogP contribution in [-0.2, 0) is 4.79 Å². The fourth-order valence-electron chi connectivity index (χ4n) is 1.81. The minimum absolute atomic E-state index is 0.0746. The first-order valence-electron chi connectivity index (χ1n) is 6.43. The first kappa shape index (κ1) is 17.1. The molecule has 4 nitrogen and oxygen atoms in total. The summed E-state index contributed by atoms with van der Waals surface area (Å²) in [7, 11) is 1.95. The zero-order valence-corrected chi connectivity index (χ0v) is 13.9. The number of rotatable bonds is 6. The van der Waals surface area contributed by atoms with Gasteiger partial charge in [-0.3, -0.25) is 9.69 Å². The number of nitrogen functional groups attached to an aromatic ring is 1. The van der Waals surface area contributed by atoms with Crippen LogP contribution >= 0.6 is 23.4 Å². The molecule has 0 fully saturated rings. The monoisotopic (exact) mass is 315 g/mol. The normalized spacial score (nSPS) is 14.1. The maximum Gasteiger partial charge on any atom is 0.241 e. The second-order valence-electron chi connectivity index (χ2n) is 4.87.